The zero-order chi connectivity index (χ0) is 15.3. The van der Waals surface area contributed by atoms with Crippen molar-refractivity contribution in [3.05, 3.63) is 42.5 Å². The maximum Gasteiger partial charge on any atom is 0.178 e. The second kappa shape index (κ2) is 6.76. The van der Waals surface area contributed by atoms with Crippen LogP contribution in [0, 0.1) is 0 Å². The molecule has 0 saturated heterocycles. The minimum Gasteiger partial charge on any atom is -0.378 e. The topological polar surface area (TPSA) is 64.0 Å². The molecule has 2 aromatic rings. The van der Waals surface area contributed by atoms with Gasteiger partial charge >= 0.3 is 0 Å². The quantitative estimate of drug-likeness (QED) is 0.854. The number of imidazole rings is 1. The van der Waals surface area contributed by atoms with Gasteiger partial charge in [0.25, 0.3) is 0 Å². The Labute approximate surface area is 125 Å². The van der Waals surface area contributed by atoms with Gasteiger partial charge in [0.1, 0.15) is 5.82 Å². The Balaban J connectivity index is 2.02. The van der Waals surface area contributed by atoms with Gasteiger partial charge in [-0.15, -0.1) is 0 Å². The molecule has 0 unspecified atom stereocenters. The Morgan fingerprint density at radius 2 is 1.90 bits per heavy atom. The summed E-state index contributed by atoms with van der Waals surface area (Å²) < 4.78 is 25.6. The molecule has 6 heteroatoms. The number of aromatic nitrogens is 2. The number of benzene rings is 1. The number of rotatable bonds is 7. The fourth-order valence-corrected chi connectivity index (χ4v) is 2.96. The van der Waals surface area contributed by atoms with Gasteiger partial charge in [0.15, 0.2) is 9.84 Å². The summed E-state index contributed by atoms with van der Waals surface area (Å²) in [7, 11) is -3.13. The smallest absolute Gasteiger partial charge is 0.178 e. The molecule has 1 N–H and O–H groups in total. The molecule has 0 fully saturated rings. The van der Waals surface area contributed by atoms with E-state index in [9.17, 15) is 8.42 Å². The first-order valence-corrected chi connectivity index (χ1v) is 8.78. The molecule has 1 aromatic heterocycles. The van der Waals surface area contributed by atoms with E-state index in [0.29, 0.717) is 11.4 Å². The van der Waals surface area contributed by atoms with Crippen molar-refractivity contribution in [2.45, 2.75) is 38.3 Å². The van der Waals surface area contributed by atoms with E-state index < -0.39 is 9.84 Å². The van der Waals surface area contributed by atoms with Gasteiger partial charge in [-0.05, 0) is 30.7 Å². The lowest BCUT2D eigenvalue weighted by molar-refractivity contribution is 0.597. The second-order valence-corrected chi connectivity index (χ2v) is 7.10. The standard InChI is InChI=1S/C15H21N3O2S/c1-3-10-18-11-9-16-15(18)12-17-13-5-7-14(8-6-13)21(19,20)4-2/h5-9,11,17H,3-4,10,12H2,1-2H3. The van der Waals surface area contributed by atoms with Crippen LogP contribution in [0.1, 0.15) is 26.1 Å². The number of anilines is 1. The maximum absolute atomic E-state index is 11.7. The molecule has 0 atom stereocenters. The van der Waals surface area contributed by atoms with Crippen LogP contribution < -0.4 is 5.32 Å². The number of hydrogen-bond donors (Lipinski definition) is 1. The molecule has 0 spiro atoms. The highest BCUT2D eigenvalue weighted by Crippen LogP contribution is 2.16. The number of hydrogen-bond acceptors (Lipinski definition) is 4. The van der Waals surface area contributed by atoms with Gasteiger partial charge in [-0.1, -0.05) is 13.8 Å². The number of aryl methyl sites for hydroxylation is 1. The highest BCUT2D eigenvalue weighted by Gasteiger charge is 2.10. The van der Waals surface area contributed by atoms with Gasteiger partial charge in [0, 0.05) is 24.6 Å². The monoisotopic (exact) mass is 307 g/mol. The SMILES string of the molecule is CCCn1ccnc1CNc1ccc(S(=O)(=O)CC)cc1. The number of sulfone groups is 1. The van der Waals surface area contributed by atoms with E-state index >= 15 is 0 Å². The summed E-state index contributed by atoms with van der Waals surface area (Å²) in [4.78, 5) is 4.69. The van der Waals surface area contributed by atoms with Crippen LogP contribution in [0.5, 0.6) is 0 Å². The summed E-state index contributed by atoms with van der Waals surface area (Å²) in [6.45, 7) is 5.34. The van der Waals surface area contributed by atoms with E-state index in [-0.39, 0.29) is 5.75 Å². The molecule has 1 heterocycles. The van der Waals surface area contributed by atoms with Crippen molar-refractivity contribution in [3.63, 3.8) is 0 Å². The van der Waals surface area contributed by atoms with Crippen molar-refractivity contribution in [1.82, 2.24) is 9.55 Å². The molecule has 5 nitrogen and oxygen atoms in total. The first kappa shape index (κ1) is 15.6. The molecule has 114 valence electrons. The van der Waals surface area contributed by atoms with E-state index in [4.69, 9.17) is 0 Å². The first-order valence-electron chi connectivity index (χ1n) is 7.13. The lowest BCUT2D eigenvalue weighted by Gasteiger charge is -2.09. The van der Waals surface area contributed by atoms with Crippen LogP contribution >= 0.6 is 0 Å². The molecule has 0 radical (unpaired) electrons. The third-order valence-corrected chi connectivity index (χ3v) is 5.06. The number of nitrogens with zero attached hydrogens (tertiary/aromatic N) is 2. The van der Waals surface area contributed by atoms with Crippen LogP contribution in [-0.4, -0.2) is 23.7 Å². The van der Waals surface area contributed by atoms with Gasteiger partial charge in [0.2, 0.25) is 0 Å². The summed E-state index contributed by atoms with van der Waals surface area (Å²) >= 11 is 0. The predicted octanol–water partition coefficient (Wildman–Crippen LogP) is 2.70. The highest BCUT2D eigenvalue weighted by atomic mass is 32.2. The van der Waals surface area contributed by atoms with Crippen LogP contribution in [0.3, 0.4) is 0 Å². The van der Waals surface area contributed by atoms with Crippen LogP contribution in [0.25, 0.3) is 0 Å². The van der Waals surface area contributed by atoms with Crippen molar-refractivity contribution in [2.75, 3.05) is 11.1 Å². The highest BCUT2D eigenvalue weighted by molar-refractivity contribution is 7.91. The zero-order valence-corrected chi connectivity index (χ0v) is 13.2. The average molecular weight is 307 g/mol. The molecule has 1 aromatic carbocycles. The van der Waals surface area contributed by atoms with E-state index in [1.54, 1.807) is 37.4 Å². The first-order chi connectivity index (χ1) is 10.1. The van der Waals surface area contributed by atoms with E-state index in [2.05, 4.69) is 21.8 Å². The third kappa shape index (κ3) is 3.85. The normalized spacial score (nSPS) is 11.5. The molecule has 0 aliphatic heterocycles. The van der Waals surface area contributed by atoms with Gasteiger partial charge < -0.3 is 9.88 Å². The second-order valence-electron chi connectivity index (χ2n) is 4.82. The van der Waals surface area contributed by atoms with Crippen molar-refractivity contribution in [1.29, 1.82) is 0 Å². The van der Waals surface area contributed by atoms with Crippen LogP contribution in [0.15, 0.2) is 41.6 Å². The van der Waals surface area contributed by atoms with Gasteiger partial charge in [-0.2, -0.15) is 0 Å². The van der Waals surface area contributed by atoms with Crippen molar-refractivity contribution in [2.24, 2.45) is 0 Å². The molecule has 0 amide bonds. The molecule has 0 aliphatic carbocycles. The van der Waals surface area contributed by atoms with Gasteiger partial charge in [-0.3, -0.25) is 0 Å². The van der Waals surface area contributed by atoms with Crippen molar-refractivity contribution < 1.29 is 8.42 Å². The summed E-state index contributed by atoms with van der Waals surface area (Å²) in [6, 6.07) is 6.85. The van der Waals surface area contributed by atoms with Crippen molar-refractivity contribution in [3.8, 4) is 0 Å². The minimum atomic E-state index is -3.13. The largest absolute Gasteiger partial charge is 0.378 e. The zero-order valence-electron chi connectivity index (χ0n) is 12.4. The number of nitrogens with one attached hydrogen (secondary N) is 1. The maximum atomic E-state index is 11.7. The molecule has 0 aliphatic rings. The van der Waals surface area contributed by atoms with E-state index in [1.165, 1.54) is 0 Å². The van der Waals surface area contributed by atoms with Crippen LogP contribution in [-0.2, 0) is 22.9 Å². The molecule has 0 bridgehead atoms. The fraction of sp³-hybridized carbons (Fsp3) is 0.400. The molecule has 0 saturated carbocycles. The predicted molar refractivity (Wildman–Crippen MR) is 84.0 cm³/mol. The summed E-state index contributed by atoms with van der Waals surface area (Å²) in [6.07, 6.45) is 4.83. The Bertz CT molecular complexity index is 675. The lowest BCUT2D eigenvalue weighted by Crippen LogP contribution is -2.08. The van der Waals surface area contributed by atoms with Crippen LogP contribution in [0.2, 0.25) is 0 Å². The van der Waals surface area contributed by atoms with Gasteiger partial charge in [0.05, 0.1) is 17.2 Å². The van der Waals surface area contributed by atoms with Crippen LogP contribution in [0.4, 0.5) is 5.69 Å². The molecule has 2 rings (SSSR count). The summed E-state index contributed by atoms with van der Waals surface area (Å²) in [5, 5.41) is 3.26. The fourth-order valence-electron chi connectivity index (χ4n) is 2.08. The Morgan fingerprint density at radius 1 is 1.19 bits per heavy atom. The Kier molecular flexibility index (Phi) is 5.01. The van der Waals surface area contributed by atoms with E-state index in [1.807, 2.05) is 6.20 Å². The Morgan fingerprint density at radius 3 is 2.52 bits per heavy atom. The lowest BCUT2D eigenvalue weighted by atomic mass is 10.3. The van der Waals surface area contributed by atoms with Crippen molar-refractivity contribution >= 4 is 15.5 Å². The third-order valence-electron chi connectivity index (χ3n) is 3.31. The summed E-state index contributed by atoms with van der Waals surface area (Å²) in [5.74, 6) is 1.09. The van der Waals surface area contributed by atoms with Gasteiger partial charge in [-0.25, -0.2) is 13.4 Å². The average Bonchev–Trinajstić information content (AvgIpc) is 2.93. The molecule has 21 heavy (non-hydrogen) atoms. The summed E-state index contributed by atoms with van der Waals surface area (Å²) in [5.41, 5.74) is 0.885. The minimum absolute atomic E-state index is 0.119. The molecular weight excluding hydrogens is 286 g/mol. The Hall–Kier alpha value is -1.82. The van der Waals surface area contributed by atoms with E-state index in [0.717, 1.165) is 24.5 Å². The molecular formula is C15H21N3O2S.